The van der Waals surface area contributed by atoms with Crippen molar-refractivity contribution in [2.24, 2.45) is 0 Å². The molecule has 0 unspecified atom stereocenters. The molecule has 4 heteroatoms. The average Bonchev–Trinajstić information content (AvgIpc) is 2.56. The highest BCUT2D eigenvalue weighted by Crippen LogP contribution is 2.25. The largest absolute Gasteiger partial charge is 0.495 e. The second-order valence-corrected chi connectivity index (χ2v) is 6.09. The highest BCUT2D eigenvalue weighted by atomic mass is 16.5. The van der Waals surface area contributed by atoms with Gasteiger partial charge in [-0.05, 0) is 56.7 Å². The zero-order chi connectivity index (χ0) is 16.5. The first kappa shape index (κ1) is 17.4. The molecule has 126 valence electrons. The standard InChI is InChI=1S/C19H28N2O2/c1-15-8-9-18(23-2)17(14-15)20-13-11-19(22)21-12-10-16-6-4-3-5-7-16/h6,8-9,14,20H,3-5,7,10-13H2,1-2H3,(H,21,22). The molecule has 1 amide bonds. The molecule has 0 radical (unpaired) electrons. The van der Waals surface area contributed by atoms with Crippen molar-refractivity contribution >= 4 is 11.6 Å². The number of carbonyl (C=O) groups is 1. The van der Waals surface area contributed by atoms with Crippen molar-refractivity contribution in [3.8, 4) is 5.75 Å². The number of amides is 1. The predicted molar refractivity (Wildman–Crippen MR) is 95.0 cm³/mol. The molecule has 4 nitrogen and oxygen atoms in total. The van der Waals surface area contributed by atoms with E-state index in [2.05, 4.69) is 16.7 Å². The number of hydrogen-bond donors (Lipinski definition) is 2. The number of methoxy groups -OCH3 is 1. The second kappa shape index (κ2) is 9.23. The predicted octanol–water partition coefficient (Wildman–Crippen LogP) is 3.81. The summed E-state index contributed by atoms with van der Waals surface area (Å²) >= 11 is 0. The lowest BCUT2D eigenvalue weighted by Gasteiger charge is -2.14. The van der Waals surface area contributed by atoms with Crippen LogP contribution in [0, 0.1) is 6.92 Å². The lowest BCUT2D eigenvalue weighted by Crippen LogP contribution is -2.26. The number of anilines is 1. The number of hydrogen-bond acceptors (Lipinski definition) is 3. The third-order valence-corrected chi connectivity index (χ3v) is 4.18. The van der Waals surface area contributed by atoms with Crippen LogP contribution in [-0.2, 0) is 4.79 Å². The third kappa shape index (κ3) is 5.97. The van der Waals surface area contributed by atoms with Gasteiger partial charge in [0.25, 0.3) is 0 Å². The fraction of sp³-hybridized carbons (Fsp3) is 0.526. The summed E-state index contributed by atoms with van der Waals surface area (Å²) in [5.74, 6) is 0.903. The van der Waals surface area contributed by atoms with Crippen molar-refractivity contribution in [1.29, 1.82) is 0 Å². The fourth-order valence-electron chi connectivity index (χ4n) is 2.85. The van der Waals surface area contributed by atoms with E-state index in [4.69, 9.17) is 4.74 Å². The van der Waals surface area contributed by atoms with Gasteiger partial charge in [0.1, 0.15) is 5.75 Å². The van der Waals surface area contributed by atoms with Crippen LogP contribution in [0.15, 0.2) is 29.8 Å². The van der Waals surface area contributed by atoms with Gasteiger partial charge in [0, 0.05) is 19.5 Å². The van der Waals surface area contributed by atoms with Crippen molar-refractivity contribution in [3.63, 3.8) is 0 Å². The molecule has 0 spiro atoms. The van der Waals surface area contributed by atoms with Crippen LogP contribution in [0.5, 0.6) is 5.75 Å². The van der Waals surface area contributed by atoms with Gasteiger partial charge in [-0.3, -0.25) is 4.79 Å². The summed E-state index contributed by atoms with van der Waals surface area (Å²) in [6.07, 6.45) is 8.80. The average molecular weight is 316 g/mol. The Morgan fingerprint density at radius 2 is 2.13 bits per heavy atom. The Morgan fingerprint density at radius 1 is 1.26 bits per heavy atom. The minimum absolute atomic E-state index is 0.0977. The molecule has 2 N–H and O–H groups in total. The van der Waals surface area contributed by atoms with Crippen molar-refractivity contribution in [1.82, 2.24) is 5.32 Å². The number of aryl methyl sites for hydroxylation is 1. The van der Waals surface area contributed by atoms with E-state index in [1.807, 2.05) is 25.1 Å². The molecule has 23 heavy (non-hydrogen) atoms. The smallest absolute Gasteiger partial charge is 0.221 e. The van der Waals surface area contributed by atoms with E-state index in [9.17, 15) is 4.79 Å². The Morgan fingerprint density at radius 3 is 2.87 bits per heavy atom. The molecule has 0 aromatic heterocycles. The van der Waals surface area contributed by atoms with Gasteiger partial charge >= 0.3 is 0 Å². The first-order valence-corrected chi connectivity index (χ1v) is 8.52. The number of ether oxygens (including phenoxy) is 1. The van der Waals surface area contributed by atoms with Gasteiger partial charge in [0.15, 0.2) is 0 Å². The highest BCUT2D eigenvalue weighted by molar-refractivity contribution is 5.76. The highest BCUT2D eigenvalue weighted by Gasteiger charge is 2.06. The van der Waals surface area contributed by atoms with Crippen molar-refractivity contribution in [2.45, 2.75) is 45.4 Å². The van der Waals surface area contributed by atoms with Gasteiger partial charge < -0.3 is 15.4 Å². The second-order valence-electron chi connectivity index (χ2n) is 6.09. The number of carbonyl (C=O) groups excluding carboxylic acids is 1. The minimum atomic E-state index is 0.0977. The zero-order valence-electron chi connectivity index (χ0n) is 14.3. The molecule has 1 aromatic rings. The van der Waals surface area contributed by atoms with Gasteiger partial charge in [-0.25, -0.2) is 0 Å². The summed E-state index contributed by atoms with van der Waals surface area (Å²) in [7, 11) is 1.66. The normalized spacial score (nSPS) is 14.1. The van der Waals surface area contributed by atoms with E-state index in [0.29, 0.717) is 13.0 Å². The summed E-state index contributed by atoms with van der Waals surface area (Å²) in [5, 5.41) is 6.28. The van der Waals surface area contributed by atoms with E-state index < -0.39 is 0 Å². The molecule has 0 fully saturated rings. The van der Waals surface area contributed by atoms with Gasteiger partial charge in [0.2, 0.25) is 5.91 Å². The summed E-state index contributed by atoms with van der Waals surface area (Å²) in [6, 6.07) is 5.98. The topological polar surface area (TPSA) is 50.4 Å². The van der Waals surface area contributed by atoms with Crippen LogP contribution < -0.4 is 15.4 Å². The molecule has 1 aliphatic rings. The van der Waals surface area contributed by atoms with Crippen LogP contribution in [-0.4, -0.2) is 26.1 Å². The van der Waals surface area contributed by atoms with Gasteiger partial charge in [-0.15, -0.1) is 0 Å². The van der Waals surface area contributed by atoms with Crippen LogP contribution in [0.25, 0.3) is 0 Å². The zero-order valence-corrected chi connectivity index (χ0v) is 14.3. The number of rotatable bonds is 8. The molecule has 1 aliphatic carbocycles. The third-order valence-electron chi connectivity index (χ3n) is 4.18. The van der Waals surface area contributed by atoms with Crippen molar-refractivity contribution in [3.05, 3.63) is 35.4 Å². The molecule has 2 rings (SSSR count). The van der Waals surface area contributed by atoms with Gasteiger partial charge in [0.05, 0.1) is 12.8 Å². The molecule has 0 atom stereocenters. The molecule has 0 saturated heterocycles. The maximum atomic E-state index is 11.9. The van der Waals surface area contributed by atoms with Crippen LogP contribution in [0.1, 0.15) is 44.1 Å². The van der Waals surface area contributed by atoms with E-state index >= 15 is 0 Å². The molecular weight excluding hydrogens is 288 g/mol. The van der Waals surface area contributed by atoms with Crippen LogP contribution in [0.3, 0.4) is 0 Å². The Labute approximate surface area is 139 Å². The maximum absolute atomic E-state index is 11.9. The van der Waals surface area contributed by atoms with E-state index in [1.54, 1.807) is 7.11 Å². The number of allylic oxidation sites excluding steroid dienone is 1. The Bertz CT molecular complexity index is 552. The summed E-state index contributed by atoms with van der Waals surface area (Å²) in [6.45, 7) is 3.39. The number of benzene rings is 1. The Balaban J connectivity index is 1.66. The lowest BCUT2D eigenvalue weighted by atomic mass is 9.97. The van der Waals surface area contributed by atoms with Crippen LogP contribution in [0.2, 0.25) is 0 Å². The SMILES string of the molecule is COc1ccc(C)cc1NCCC(=O)NCCC1=CCCCC1. The molecule has 0 aliphatic heterocycles. The van der Waals surface area contributed by atoms with Crippen molar-refractivity contribution in [2.75, 3.05) is 25.5 Å². The van der Waals surface area contributed by atoms with Crippen LogP contribution in [0.4, 0.5) is 5.69 Å². The lowest BCUT2D eigenvalue weighted by molar-refractivity contribution is -0.120. The molecule has 0 bridgehead atoms. The Kier molecular flexibility index (Phi) is 6.98. The minimum Gasteiger partial charge on any atom is -0.495 e. The van der Waals surface area contributed by atoms with Gasteiger partial charge in [-0.1, -0.05) is 17.7 Å². The first-order chi connectivity index (χ1) is 11.2. The summed E-state index contributed by atoms with van der Waals surface area (Å²) in [5.41, 5.74) is 3.60. The van der Waals surface area contributed by atoms with Gasteiger partial charge in [-0.2, -0.15) is 0 Å². The summed E-state index contributed by atoms with van der Waals surface area (Å²) < 4.78 is 5.32. The maximum Gasteiger partial charge on any atom is 0.221 e. The molecule has 0 saturated carbocycles. The van der Waals surface area contributed by atoms with E-state index in [0.717, 1.165) is 24.4 Å². The van der Waals surface area contributed by atoms with E-state index in [-0.39, 0.29) is 5.91 Å². The molecule has 1 aromatic carbocycles. The first-order valence-electron chi connectivity index (χ1n) is 8.52. The quantitative estimate of drug-likeness (QED) is 0.717. The summed E-state index contributed by atoms with van der Waals surface area (Å²) in [4.78, 5) is 11.9. The van der Waals surface area contributed by atoms with Crippen molar-refractivity contribution < 1.29 is 9.53 Å². The van der Waals surface area contributed by atoms with Crippen LogP contribution >= 0.6 is 0 Å². The van der Waals surface area contributed by atoms with E-state index in [1.165, 1.54) is 36.8 Å². The molecular formula is C19H28N2O2. The fourth-order valence-corrected chi connectivity index (χ4v) is 2.85. The number of nitrogens with one attached hydrogen (secondary N) is 2. The Hall–Kier alpha value is -1.97. The molecule has 0 heterocycles. The monoisotopic (exact) mass is 316 g/mol.